The summed E-state index contributed by atoms with van der Waals surface area (Å²) in [6.07, 6.45) is 0. The zero-order chi connectivity index (χ0) is 20.1. The lowest BCUT2D eigenvalue weighted by atomic mass is 10.2. The molecule has 1 saturated heterocycles. The number of hydrogen-bond acceptors (Lipinski definition) is 4. The quantitative estimate of drug-likeness (QED) is 0.722. The van der Waals surface area contributed by atoms with E-state index in [4.69, 9.17) is 0 Å². The van der Waals surface area contributed by atoms with E-state index in [-0.39, 0.29) is 11.2 Å². The Labute approximate surface area is 171 Å². The van der Waals surface area contributed by atoms with Crippen LogP contribution in [-0.4, -0.2) is 55.5 Å². The second-order valence-electron chi connectivity index (χ2n) is 6.96. The van der Waals surface area contributed by atoms with E-state index in [9.17, 15) is 13.2 Å². The van der Waals surface area contributed by atoms with E-state index in [1.54, 1.807) is 40.9 Å². The Morgan fingerprint density at radius 2 is 1.61 bits per heavy atom. The number of carbonyl (C=O) groups excluding carboxylic acids is 1. The van der Waals surface area contributed by atoms with Crippen LogP contribution in [0.25, 0.3) is 0 Å². The molecule has 1 atom stereocenters. The number of amides is 1. The van der Waals surface area contributed by atoms with Crippen LogP contribution >= 0.6 is 11.8 Å². The van der Waals surface area contributed by atoms with Gasteiger partial charge in [0.25, 0.3) is 0 Å². The first-order chi connectivity index (χ1) is 13.4. The molecule has 1 aliphatic rings. The summed E-state index contributed by atoms with van der Waals surface area (Å²) >= 11 is 1.61. The number of aryl methyl sites for hydroxylation is 1. The molecule has 0 radical (unpaired) electrons. The molecule has 0 aromatic heterocycles. The Balaban J connectivity index is 1.52. The van der Waals surface area contributed by atoms with Gasteiger partial charge in [0.2, 0.25) is 15.9 Å². The molecule has 5 nitrogen and oxygen atoms in total. The van der Waals surface area contributed by atoms with Crippen molar-refractivity contribution in [3.8, 4) is 0 Å². The number of carbonyl (C=O) groups is 1. The first kappa shape index (κ1) is 20.9. The van der Waals surface area contributed by atoms with Crippen molar-refractivity contribution >= 4 is 27.7 Å². The zero-order valence-corrected chi connectivity index (χ0v) is 17.9. The third-order valence-electron chi connectivity index (χ3n) is 4.98. The molecule has 1 heterocycles. The highest BCUT2D eigenvalue weighted by Gasteiger charge is 2.30. The van der Waals surface area contributed by atoms with E-state index in [0.717, 1.165) is 5.56 Å². The Bertz CT molecular complexity index is 891. The summed E-state index contributed by atoms with van der Waals surface area (Å²) in [5, 5.41) is 0.244. The third-order valence-corrected chi connectivity index (χ3v) is 8.07. The molecule has 2 aromatic carbocycles. The molecule has 1 fully saturated rings. The molecule has 0 bridgehead atoms. The van der Waals surface area contributed by atoms with E-state index in [2.05, 4.69) is 19.1 Å². The van der Waals surface area contributed by atoms with Gasteiger partial charge in [0.15, 0.2) is 0 Å². The molecule has 0 unspecified atom stereocenters. The summed E-state index contributed by atoms with van der Waals surface area (Å²) in [4.78, 5) is 14.6. The minimum atomic E-state index is -3.50. The fourth-order valence-corrected chi connectivity index (χ4v) is 5.49. The van der Waals surface area contributed by atoms with Gasteiger partial charge in [-0.15, -0.1) is 11.8 Å². The van der Waals surface area contributed by atoms with Crippen LogP contribution in [0.1, 0.15) is 23.3 Å². The predicted octanol–water partition coefficient (Wildman–Crippen LogP) is 3.32. The highest BCUT2D eigenvalue weighted by atomic mass is 32.2. The molecule has 0 N–H and O–H groups in total. The number of thioether (sulfide) groups is 1. The summed E-state index contributed by atoms with van der Waals surface area (Å²) in [5.41, 5.74) is 2.23. The first-order valence-electron chi connectivity index (χ1n) is 9.39. The van der Waals surface area contributed by atoms with Crippen LogP contribution in [0.3, 0.4) is 0 Å². The molecule has 28 heavy (non-hydrogen) atoms. The first-order valence-corrected chi connectivity index (χ1v) is 11.9. The zero-order valence-electron chi connectivity index (χ0n) is 16.2. The summed E-state index contributed by atoms with van der Waals surface area (Å²) in [5.74, 6) is 0.473. The molecule has 150 valence electrons. The maximum Gasteiger partial charge on any atom is 0.243 e. The van der Waals surface area contributed by atoms with Crippen molar-refractivity contribution in [1.29, 1.82) is 0 Å². The molecule has 0 spiro atoms. The summed E-state index contributed by atoms with van der Waals surface area (Å²) in [7, 11) is -3.50. The predicted molar refractivity (Wildman–Crippen MR) is 114 cm³/mol. The lowest BCUT2D eigenvalue weighted by Crippen LogP contribution is -2.51. The van der Waals surface area contributed by atoms with Crippen LogP contribution in [0.4, 0.5) is 0 Å². The minimum absolute atomic E-state index is 0.0696. The SMILES string of the molecule is Cc1ccc(S(=O)(=O)N2CCN(C(=O)CS[C@@H](C)c3ccccc3)CC2)cc1. The fraction of sp³-hybridized carbons (Fsp3) is 0.381. The smallest absolute Gasteiger partial charge is 0.243 e. The topological polar surface area (TPSA) is 57.7 Å². The Kier molecular flexibility index (Phi) is 6.80. The Morgan fingerprint density at radius 1 is 1.00 bits per heavy atom. The fourth-order valence-electron chi connectivity index (χ4n) is 3.15. The standard InChI is InChI=1S/C21H26N2O3S2/c1-17-8-10-20(11-9-17)28(25,26)23-14-12-22(13-15-23)21(24)16-27-18(2)19-6-4-3-5-7-19/h3-11,18H,12-16H2,1-2H3/t18-/m0/s1. The number of rotatable bonds is 6. The highest BCUT2D eigenvalue weighted by molar-refractivity contribution is 8.00. The normalized spacial score (nSPS) is 16.7. The molecule has 3 rings (SSSR count). The van der Waals surface area contributed by atoms with Crippen LogP contribution in [0, 0.1) is 6.92 Å². The van der Waals surface area contributed by atoms with Crippen LogP contribution in [0.2, 0.25) is 0 Å². The van der Waals surface area contributed by atoms with Crippen molar-refractivity contribution < 1.29 is 13.2 Å². The van der Waals surface area contributed by atoms with Gasteiger partial charge < -0.3 is 4.90 Å². The largest absolute Gasteiger partial charge is 0.339 e. The van der Waals surface area contributed by atoms with Gasteiger partial charge in [-0.05, 0) is 31.5 Å². The number of nitrogens with zero attached hydrogens (tertiary/aromatic N) is 2. The molecular formula is C21H26N2O3S2. The average molecular weight is 419 g/mol. The highest BCUT2D eigenvalue weighted by Crippen LogP contribution is 2.28. The second-order valence-corrected chi connectivity index (χ2v) is 10.2. The summed E-state index contributed by atoms with van der Waals surface area (Å²) in [6, 6.07) is 17.0. The Hall–Kier alpha value is -1.83. The molecule has 2 aromatic rings. The van der Waals surface area contributed by atoms with Crippen molar-refractivity contribution in [2.75, 3.05) is 31.9 Å². The maximum absolute atomic E-state index is 12.8. The van der Waals surface area contributed by atoms with Gasteiger partial charge >= 0.3 is 0 Å². The average Bonchev–Trinajstić information content (AvgIpc) is 2.73. The molecular weight excluding hydrogens is 392 g/mol. The lowest BCUT2D eigenvalue weighted by molar-refractivity contribution is -0.129. The van der Waals surface area contributed by atoms with Gasteiger partial charge in [-0.1, -0.05) is 48.0 Å². The van der Waals surface area contributed by atoms with E-state index in [1.807, 2.05) is 25.1 Å². The number of benzene rings is 2. The molecule has 7 heteroatoms. The third kappa shape index (κ3) is 4.96. The maximum atomic E-state index is 12.8. The van der Waals surface area contributed by atoms with Gasteiger partial charge in [-0.2, -0.15) is 4.31 Å². The van der Waals surface area contributed by atoms with E-state index < -0.39 is 10.0 Å². The van der Waals surface area contributed by atoms with E-state index in [0.29, 0.717) is 36.8 Å². The van der Waals surface area contributed by atoms with Crippen molar-refractivity contribution in [3.63, 3.8) is 0 Å². The van der Waals surface area contributed by atoms with Gasteiger partial charge in [0.1, 0.15) is 0 Å². The van der Waals surface area contributed by atoms with Crippen molar-refractivity contribution in [2.45, 2.75) is 24.0 Å². The number of piperazine rings is 1. The van der Waals surface area contributed by atoms with Crippen molar-refractivity contribution in [3.05, 3.63) is 65.7 Å². The monoisotopic (exact) mass is 418 g/mol. The number of hydrogen-bond donors (Lipinski definition) is 0. The summed E-state index contributed by atoms with van der Waals surface area (Å²) in [6.45, 7) is 5.56. The summed E-state index contributed by atoms with van der Waals surface area (Å²) < 4.78 is 27.0. The van der Waals surface area contributed by atoms with Gasteiger partial charge in [0.05, 0.1) is 10.6 Å². The second kappa shape index (κ2) is 9.11. The number of sulfonamides is 1. The van der Waals surface area contributed by atoms with Crippen LogP contribution < -0.4 is 0 Å². The van der Waals surface area contributed by atoms with Crippen LogP contribution in [-0.2, 0) is 14.8 Å². The van der Waals surface area contributed by atoms with Crippen molar-refractivity contribution in [2.24, 2.45) is 0 Å². The van der Waals surface area contributed by atoms with Gasteiger partial charge in [-0.3, -0.25) is 4.79 Å². The lowest BCUT2D eigenvalue weighted by Gasteiger charge is -2.34. The van der Waals surface area contributed by atoms with E-state index >= 15 is 0 Å². The molecule has 1 amide bonds. The van der Waals surface area contributed by atoms with Crippen molar-refractivity contribution in [1.82, 2.24) is 9.21 Å². The minimum Gasteiger partial charge on any atom is -0.339 e. The molecule has 0 saturated carbocycles. The van der Waals surface area contributed by atoms with Crippen LogP contribution in [0.5, 0.6) is 0 Å². The van der Waals surface area contributed by atoms with E-state index in [1.165, 1.54) is 9.87 Å². The Morgan fingerprint density at radius 3 is 2.21 bits per heavy atom. The van der Waals surface area contributed by atoms with Gasteiger partial charge in [-0.25, -0.2) is 8.42 Å². The van der Waals surface area contributed by atoms with Gasteiger partial charge in [0, 0.05) is 31.4 Å². The molecule has 0 aliphatic carbocycles. The molecule has 1 aliphatic heterocycles. The van der Waals surface area contributed by atoms with Crippen LogP contribution in [0.15, 0.2) is 59.5 Å².